The van der Waals surface area contributed by atoms with Crippen LogP contribution in [-0.2, 0) is 16.4 Å². The molecule has 0 saturated carbocycles. The summed E-state index contributed by atoms with van der Waals surface area (Å²) >= 11 is 0. The van der Waals surface area contributed by atoms with E-state index in [1.165, 1.54) is 23.0 Å². The molecule has 0 aliphatic heterocycles. The highest BCUT2D eigenvalue weighted by Gasteiger charge is 2.23. The number of hydrogen-bond acceptors (Lipinski definition) is 7. The fourth-order valence-corrected chi connectivity index (χ4v) is 4.02. The average Bonchev–Trinajstić information content (AvgIpc) is 3.22. The number of halogens is 2. The second-order valence-electron chi connectivity index (χ2n) is 7.16. The molecule has 3 rings (SSSR count). The van der Waals surface area contributed by atoms with Crippen LogP contribution in [0.5, 0.6) is 0 Å². The molecular weight excluding hydrogens is 428 g/mol. The normalized spacial score (nSPS) is 13.1. The maximum atomic E-state index is 12.6. The van der Waals surface area contributed by atoms with Gasteiger partial charge >= 0.3 is 6.43 Å². The lowest BCUT2D eigenvalue weighted by atomic mass is 9.94. The van der Waals surface area contributed by atoms with Gasteiger partial charge in [-0.1, -0.05) is 36.8 Å². The van der Waals surface area contributed by atoms with Crippen molar-refractivity contribution in [1.29, 1.82) is 0 Å². The number of benzene rings is 1. The third-order valence-corrected chi connectivity index (χ3v) is 6.15. The molecule has 0 aliphatic rings. The monoisotopic (exact) mass is 451 g/mol. The standard InChI is InChI=1S/C20H23F2N5O3S/c1-4-27(31(3,28)29)12-15(14-7-5-13(2)6-8-14)9-17-23-10-16(11-24-17)19-25-26-20(30-19)18(21)22/h5-8,10-11,15,18H,4,9,12H2,1-3H3. The zero-order valence-electron chi connectivity index (χ0n) is 17.4. The summed E-state index contributed by atoms with van der Waals surface area (Å²) in [6.07, 6.45) is 1.57. The lowest BCUT2D eigenvalue weighted by Crippen LogP contribution is -2.34. The molecule has 0 N–H and O–H groups in total. The van der Waals surface area contributed by atoms with Crippen LogP contribution >= 0.6 is 0 Å². The first-order valence-corrected chi connectivity index (χ1v) is 11.5. The van der Waals surface area contributed by atoms with Gasteiger partial charge in [-0.3, -0.25) is 0 Å². The van der Waals surface area contributed by atoms with Crippen molar-refractivity contribution in [2.24, 2.45) is 0 Å². The van der Waals surface area contributed by atoms with E-state index in [1.807, 2.05) is 31.2 Å². The minimum Gasteiger partial charge on any atom is -0.415 e. The van der Waals surface area contributed by atoms with Crippen LogP contribution in [0, 0.1) is 6.92 Å². The van der Waals surface area contributed by atoms with Crippen LogP contribution in [0.25, 0.3) is 11.5 Å². The predicted octanol–water partition coefficient (Wildman–Crippen LogP) is 3.38. The summed E-state index contributed by atoms with van der Waals surface area (Å²) in [5.41, 5.74) is 2.39. The van der Waals surface area contributed by atoms with Gasteiger partial charge in [0.25, 0.3) is 11.8 Å². The quantitative estimate of drug-likeness (QED) is 0.491. The van der Waals surface area contributed by atoms with Crippen LogP contribution in [0.15, 0.2) is 41.1 Å². The van der Waals surface area contributed by atoms with Gasteiger partial charge in [0, 0.05) is 37.8 Å². The van der Waals surface area contributed by atoms with E-state index in [0.717, 1.165) is 11.1 Å². The molecule has 166 valence electrons. The van der Waals surface area contributed by atoms with Crippen molar-refractivity contribution in [3.63, 3.8) is 0 Å². The molecule has 0 saturated heterocycles. The van der Waals surface area contributed by atoms with E-state index in [9.17, 15) is 17.2 Å². The molecule has 0 amide bonds. The first kappa shape index (κ1) is 22.9. The summed E-state index contributed by atoms with van der Waals surface area (Å²) in [7, 11) is -3.36. The van der Waals surface area contributed by atoms with Gasteiger partial charge in [-0.05, 0) is 12.5 Å². The van der Waals surface area contributed by atoms with Gasteiger partial charge in [0.05, 0.1) is 11.8 Å². The van der Waals surface area contributed by atoms with Gasteiger partial charge in [0.2, 0.25) is 10.0 Å². The summed E-state index contributed by atoms with van der Waals surface area (Å²) in [4.78, 5) is 8.59. The van der Waals surface area contributed by atoms with Crippen molar-refractivity contribution in [1.82, 2.24) is 24.5 Å². The van der Waals surface area contributed by atoms with Crippen molar-refractivity contribution < 1.29 is 21.6 Å². The lowest BCUT2D eigenvalue weighted by molar-refractivity contribution is 0.116. The fraction of sp³-hybridized carbons (Fsp3) is 0.400. The van der Waals surface area contributed by atoms with Gasteiger partial charge in [0.15, 0.2) is 0 Å². The first-order chi connectivity index (χ1) is 14.7. The summed E-state index contributed by atoms with van der Waals surface area (Å²) in [5, 5.41) is 6.87. The molecule has 1 atom stereocenters. The number of aromatic nitrogens is 4. The van der Waals surface area contributed by atoms with Crippen molar-refractivity contribution in [2.75, 3.05) is 19.3 Å². The number of alkyl halides is 2. The Kier molecular flexibility index (Phi) is 7.06. The number of hydrogen-bond donors (Lipinski definition) is 0. The Balaban J connectivity index is 1.83. The second kappa shape index (κ2) is 9.56. The van der Waals surface area contributed by atoms with E-state index in [2.05, 4.69) is 20.2 Å². The van der Waals surface area contributed by atoms with Crippen LogP contribution in [0.1, 0.15) is 42.1 Å². The Morgan fingerprint density at radius 1 is 1.10 bits per heavy atom. The Hall–Kier alpha value is -2.79. The molecule has 0 spiro atoms. The smallest absolute Gasteiger partial charge is 0.314 e. The highest BCUT2D eigenvalue weighted by atomic mass is 32.2. The van der Waals surface area contributed by atoms with Crippen molar-refractivity contribution in [2.45, 2.75) is 32.6 Å². The Morgan fingerprint density at radius 3 is 2.26 bits per heavy atom. The molecule has 0 bridgehead atoms. The number of aryl methyl sites for hydroxylation is 1. The van der Waals surface area contributed by atoms with E-state index < -0.39 is 22.3 Å². The largest absolute Gasteiger partial charge is 0.415 e. The van der Waals surface area contributed by atoms with E-state index in [4.69, 9.17) is 4.42 Å². The average molecular weight is 451 g/mol. The van der Waals surface area contributed by atoms with E-state index >= 15 is 0 Å². The molecule has 1 aromatic carbocycles. The highest BCUT2D eigenvalue weighted by molar-refractivity contribution is 7.88. The van der Waals surface area contributed by atoms with E-state index in [-0.39, 0.29) is 18.4 Å². The van der Waals surface area contributed by atoms with E-state index in [1.54, 1.807) is 6.92 Å². The maximum Gasteiger partial charge on any atom is 0.314 e. The van der Waals surface area contributed by atoms with Crippen LogP contribution < -0.4 is 0 Å². The minimum absolute atomic E-state index is 0.0915. The van der Waals surface area contributed by atoms with Crippen molar-refractivity contribution >= 4 is 10.0 Å². The zero-order chi connectivity index (χ0) is 22.6. The zero-order valence-corrected chi connectivity index (χ0v) is 18.2. The Morgan fingerprint density at radius 2 is 1.74 bits per heavy atom. The summed E-state index contributed by atoms with van der Waals surface area (Å²) in [6.45, 7) is 4.40. The summed E-state index contributed by atoms with van der Waals surface area (Å²) < 4.78 is 55.8. The molecule has 31 heavy (non-hydrogen) atoms. The molecule has 3 aromatic rings. The van der Waals surface area contributed by atoms with Gasteiger partial charge in [-0.25, -0.2) is 22.7 Å². The molecule has 11 heteroatoms. The molecule has 0 aliphatic carbocycles. The molecule has 2 aromatic heterocycles. The molecule has 8 nitrogen and oxygen atoms in total. The van der Waals surface area contributed by atoms with Crippen molar-refractivity contribution in [3.05, 3.63) is 59.5 Å². The predicted molar refractivity (Wildman–Crippen MR) is 110 cm³/mol. The van der Waals surface area contributed by atoms with Gasteiger partial charge in [0.1, 0.15) is 5.82 Å². The third kappa shape index (κ3) is 5.88. The fourth-order valence-electron chi connectivity index (χ4n) is 3.10. The Labute approximate surface area is 179 Å². The second-order valence-corrected chi connectivity index (χ2v) is 9.14. The van der Waals surface area contributed by atoms with Crippen LogP contribution in [-0.4, -0.2) is 52.2 Å². The molecular formula is C20H23F2N5O3S. The molecule has 0 radical (unpaired) electrons. The molecule has 0 fully saturated rings. The van der Waals surface area contributed by atoms with Crippen molar-refractivity contribution in [3.8, 4) is 11.5 Å². The number of likely N-dealkylation sites (N-methyl/N-ethyl adjacent to an activating group) is 1. The van der Waals surface area contributed by atoms with Gasteiger partial charge in [-0.2, -0.15) is 8.78 Å². The molecule has 2 heterocycles. The lowest BCUT2D eigenvalue weighted by Gasteiger charge is -2.25. The third-order valence-electron chi connectivity index (χ3n) is 4.80. The topological polar surface area (TPSA) is 102 Å². The van der Waals surface area contributed by atoms with Crippen LogP contribution in [0.4, 0.5) is 8.78 Å². The van der Waals surface area contributed by atoms with Crippen LogP contribution in [0.2, 0.25) is 0 Å². The van der Waals surface area contributed by atoms with Crippen LogP contribution in [0.3, 0.4) is 0 Å². The maximum absolute atomic E-state index is 12.6. The molecule has 1 unspecified atom stereocenters. The Bertz CT molecular complexity index is 1100. The number of sulfonamides is 1. The number of rotatable bonds is 9. The highest BCUT2D eigenvalue weighted by Crippen LogP contribution is 2.25. The van der Waals surface area contributed by atoms with Gasteiger partial charge in [-0.15, -0.1) is 10.2 Å². The van der Waals surface area contributed by atoms with Gasteiger partial charge < -0.3 is 4.42 Å². The number of nitrogens with zero attached hydrogens (tertiary/aromatic N) is 5. The summed E-state index contributed by atoms with van der Waals surface area (Å²) in [6, 6.07) is 7.88. The van der Waals surface area contributed by atoms with E-state index in [0.29, 0.717) is 24.4 Å². The minimum atomic E-state index is -3.36. The first-order valence-electron chi connectivity index (χ1n) is 9.62. The SMILES string of the molecule is CCN(CC(Cc1ncc(-c2nnc(C(F)F)o2)cn1)c1ccc(C)cc1)S(C)(=O)=O. The summed E-state index contributed by atoms with van der Waals surface area (Å²) in [5.74, 6) is -0.549.